The second kappa shape index (κ2) is 18.0. The fraction of sp³-hybridized carbons (Fsp3) is 0.833. The summed E-state index contributed by atoms with van der Waals surface area (Å²) < 4.78 is 61.8. The fourth-order valence-corrected chi connectivity index (χ4v) is 5.55. The largest absolute Gasteiger partial charge is 0.474 e. The molecule has 11 atom stereocenters. The molecular formula is C24H37N6O15P. The maximum absolute atomic E-state index is 13.2. The summed E-state index contributed by atoms with van der Waals surface area (Å²) in [7, 11) is -5.22. The highest BCUT2D eigenvalue weighted by Gasteiger charge is 2.53. The highest BCUT2D eigenvalue weighted by Crippen LogP contribution is 2.48. The molecule has 0 amide bonds. The quantitative estimate of drug-likeness (QED) is 0.0649. The zero-order valence-electron chi connectivity index (χ0n) is 25.9. The van der Waals surface area contributed by atoms with E-state index in [0.717, 1.165) is 27.7 Å². The number of rotatable bonds is 15. The van der Waals surface area contributed by atoms with Gasteiger partial charge in [0, 0.05) is 44.1 Å². The van der Waals surface area contributed by atoms with Gasteiger partial charge in [-0.1, -0.05) is 24.1 Å². The first-order valence-corrected chi connectivity index (χ1v) is 15.5. The summed E-state index contributed by atoms with van der Waals surface area (Å²) in [4.78, 5) is 63.7. The van der Waals surface area contributed by atoms with Crippen molar-refractivity contribution in [2.75, 3.05) is 13.2 Å². The first kappa shape index (κ1) is 38.7. The summed E-state index contributed by atoms with van der Waals surface area (Å²) in [6.07, 6.45) is -10.9. The maximum atomic E-state index is 13.2. The lowest BCUT2D eigenvalue weighted by molar-refractivity contribution is -0.273. The molecule has 0 spiro atoms. The molecule has 21 nitrogen and oxygen atoms in total. The number of carbonyl (C=O) groups excluding carboxylic acids is 4. The van der Waals surface area contributed by atoms with Crippen LogP contribution in [-0.2, 0) is 65.9 Å². The average Bonchev–Trinajstić information content (AvgIpc) is 2.95. The van der Waals surface area contributed by atoms with Gasteiger partial charge in [0.25, 0.3) is 0 Å². The van der Waals surface area contributed by atoms with Crippen molar-refractivity contribution in [1.82, 2.24) is 0 Å². The van der Waals surface area contributed by atoms with Crippen LogP contribution in [0.3, 0.4) is 0 Å². The lowest BCUT2D eigenvalue weighted by atomic mass is 9.95. The minimum absolute atomic E-state index is 0.0958. The van der Waals surface area contributed by atoms with E-state index in [4.69, 9.17) is 47.7 Å². The van der Waals surface area contributed by atoms with Crippen LogP contribution in [0.1, 0.15) is 54.4 Å². The summed E-state index contributed by atoms with van der Waals surface area (Å²) in [6, 6.07) is -2.98. The second-order valence-electron chi connectivity index (χ2n) is 9.92. The topological polar surface area (TPSA) is 286 Å². The molecule has 2 rings (SSSR count). The normalized spacial score (nSPS) is 32.0. The molecule has 2 aliphatic rings. The third kappa shape index (κ3) is 11.1. The number of ether oxygens (including phenoxy) is 7. The van der Waals surface area contributed by atoms with Gasteiger partial charge < -0.3 is 38.1 Å². The maximum Gasteiger partial charge on any atom is 0.474 e. The number of nitrogens with zero attached hydrogens (tertiary/aromatic N) is 6. The molecule has 0 radical (unpaired) electrons. The van der Waals surface area contributed by atoms with Gasteiger partial charge in [0.1, 0.15) is 24.3 Å². The summed E-state index contributed by atoms with van der Waals surface area (Å²) in [6.45, 7) is 6.84. The second-order valence-corrected chi connectivity index (χ2v) is 11.3. The average molecular weight is 681 g/mol. The zero-order chi connectivity index (χ0) is 34.6. The van der Waals surface area contributed by atoms with E-state index < -0.39 is 99.6 Å². The Labute approximate surface area is 262 Å². The predicted octanol–water partition coefficient (Wildman–Crippen LogP) is 2.49. The van der Waals surface area contributed by atoms with Gasteiger partial charge in [-0.15, -0.1) is 0 Å². The molecule has 2 heterocycles. The Bertz CT molecular complexity index is 1240. The lowest BCUT2D eigenvalue weighted by Gasteiger charge is -2.44. The van der Waals surface area contributed by atoms with E-state index in [0.29, 0.717) is 6.42 Å². The lowest BCUT2D eigenvalue weighted by Crippen LogP contribution is -2.61. The van der Waals surface area contributed by atoms with E-state index in [1.165, 1.54) is 0 Å². The van der Waals surface area contributed by atoms with E-state index in [-0.39, 0.29) is 13.0 Å². The van der Waals surface area contributed by atoms with Crippen LogP contribution in [0.2, 0.25) is 0 Å². The van der Waals surface area contributed by atoms with Gasteiger partial charge in [-0.05, 0) is 23.9 Å². The van der Waals surface area contributed by atoms with Gasteiger partial charge in [-0.25, -0.2) is 4.57 Å². The van der Waals surface area contributed by atoms with E-state index in [1.807, 2.05) is 0 Å². The van der Waals surface area contributed by atoms with Crippen molar-refractivity contribution in [3.05, 3.63) is 20.9 Å². The van der Waals surface area contributed by atoms with Gasteiger partial charge in [-0.2, -0.15) is 0 Å². The Kier molecular flexibility index (Phi) is 15.1. The van der Waals surface area contributed by atoms with Crippen molar-refractivity contribution >= 4 is 31.7 Å². The highest BCUT2D eigenvalue weighted by molar-refractivity contribution is 7.47. The smallest absolute Gasteiger partial charge is 0.458 e. The molecule has 2 fully saturated rings. The van der Waals surface area contributed by atoms with Gasteiger partial charge in [0.2, 0.25) is 0 Å². The van der Waals surface area contributed by atoms with Gasteiger partial charge in [-0.3, -0.25) is 28.2 Å². The zero-order valence-corrected chi connectivity index (χ0v) is 26.8. The Morgan fingerprint density at radius 1 is 0.761 bits per heavy atom. The molecule has 46 heavy (non-hydrogen) atoms. The van der Waals surface area contributed by atoms with Crippen LogP contribution in [0.4, 0.5) is 0 Å². The molecule has 258 valence electrons. The Morgan fingerprint density at radius 2 is 1.20 bits per heavy atom. The molecule has 0 saturated carbocycles. The molecule has 0 bridgehead atoms. The molecule has 0 aromatic rings. The fourth-order valence-electron chi connectivity index (χ4n) is 4.72. The summed E-state index contributed by atoms with van der Waals surface area (Å²) in [5, 5.41) is 7.09. The van der Waals surface area contributed by atoms with E-state index in [1.54, 1.807) is 13.8 Å². The van der Waals surface area contributed by atoms with Crippen molar-refractivity contribution in [2.45, 2.75) is 116 Å². The van der Waals surface area contributed by atoms with Crippen LogP contribution >= 0.6 is 7.82 Å². The summed E-state index contributed by atoms with van der Waals surface area (Å²) >= 11 is 0. The van der Waals surface area contributed by atoms with Crippen molar-refractivity contribution in [3.63, 3.8) is 0 Å². The number of carbonyl (C=O) groups is 4. The molecule has 22 heteroatoms. The van der Waals surface area contributed by atoms with Gasteiger partial charge in [0.05, 0.1) is 6.61 Å². The molecule has 2 aliphatic heterocycles. The van der Waals surface area contributed by atoms with Gasteiger partial charge >= 0.3 is 31.7 Å². The van der Waals surface area contributed by atoms with Crippen LogP contribution < -0.4 is 0 Å². The Morgan fingerprint density at radius 3 is 1.63 bits per heavy atom. The van der Waals surface area contributed by atoms with Crippen LogP contribution in [-0.4, -0.2) is 103 Å². The summed E-state index contributed by atoms with van der Waals surface area (Å²) in [5.74, 6) is -3.34. The van der Waals surface area contributed by atoms with E-state index in [9.17, 15) is 34.2 Å². The molecule has 0 aliphatic carbocycles. The standard InChI is InChI=1S/C24H37N6O15P/c1-7-9-37-23-17(27-29-25)21(41-13(5)33)20(40-12(4)32)16(44-23)10-38-46(35,36)45-24-18(28-30-26)22(42-14(6)34)19(39-11(3)31)15(8-2)43-24/h15-24H,7-10H2,1-6H3,(H,35,36)/t15?,16?,17?,18?,19-,20-,21+,22+,23+,24-/m0/s1. The minimum atomic E-state index is -5.22. The predicted molar refractivity (Wildman–Crippen MR) is 149 cm³/mol. The van der Waals surface area contributed by atoms with Crippen LogP contribution in [0, 0.1) is 0 Å². The number of hydrogen-bond acceptors (Lipinski definition) is 16. The van der Waals surface area contributed by atoms with E-state index in [2.05, 4.69) is 20.1 Å². The van der Waals surface area contributed by atoms with Crippen LogP contribution in [0.15, 0.2) is 10.2 Å². The van der Waals surface area contributed by atoms with Crippen LogP contribution in [0.25, 0.3) is 20.9 Å². The third-order valence-corrected chi connectivity index (χ3v) is 7.28. The van der Waals surface area contributed by atoms with Gasteiger partial charge in [0.15, 0.2) is 37.0 Å². The Hall–Kier alpha value is -3.51. The summed E-state index contributed by atoms with van der Waals surface area (Å²) in [5.41, 5.74) is 18.3. The number of esters is 4. The van der Waals surface area contributed by atoms with Crippen molar-refractivity contribution < 1.29 is 70.8 Å². The first-order chi connectivity index (χ1) is 21.7. The number of hydrogen-bond donors (Lipinski definition) is 1. The van der Waals surface area contributed by atoms with Crippen LogP contribution in [0.5, 0.6) is 0 Å². The Balaban J connectivity index is 2.40. The highest BCUT2D eigenvalue weighted by atomic mass is 31.2. The molecule has 5 unspecified atom stereocenters. The monoisotopic (exact) mass is 680 g/mol. The SMILES string of the molecule is CCCO[C@@H]1OC(COP(=O)(O)O[C@@H]2OC(CC)[C@H](OC(C)=O)[C@H](OC(C)=O)C2N=[N+]=[N-])[C@H](OC(C)=O)[C@H](OC(C)=O)C1N=[N+]=[N-]. The van der Waals surface area contributed by atoms with Crippen molar-refractivity contribution in [3.8, 4) is 0 Å². The first-order valence-electron chi connectivity index (χ1n) is 14.0. The number of azide groups is 2. The molecule has 0 aromatic heterocycles. The molecule has 2 saturated heterocycles. The minimum Gasteiger partial charge on any atom is -0.458 e. The molecule has 0 aromatic carbocycles. The van der Waals surface area contributed by atoms with Crippen molar-refractivity contribution in [2.24, 2.45) is 10.2 Å². The number of phosphoric acid groups is 1. The third-order valence-electron chi connectivity index (χ3n) is 6.33. The number of phosphoric ester groups is 1. The molecular weight excluding hydrogens is 643 g/mol. The molecule has 1 N–H and O–H groups in total. The van der Waals surface area contributed by atoms with Crippen molar-refractivity contribution in [1.29, 1.82) is 0 Å². The van der Waals surface area contributed by atoms with E-state index >= 15 is 0 Å².